The van der Waals surface area contributed by atoms with Gasteiger partial charge >= 0.3 is 0 Å². The van der Waals surface area contributed by atoms with E-state index >= 15 is 0 Å². The van der Waals surface area contributed by atoms with E-state index < -0.39 is 0 Å². The van der Waals surface area contributed by atoms with E-state index in [2.05, 4.69) is 36.2 Å². The van der Waals surface area contributed by atoms with Gasteiger partial charge in [0.15, 0.2) is 5.82 Å². The lowest BCUT2D eigenvalue weighted by molar-refractivity contribution is 0.102. The normalized spacial score (nSPS) is 10.0. The Bertz CT molecular complexity index is 546. The third kappa shape index (κ3) is 2.98. The SMILES string of the molecule is O=C(Nc1cnc(Cl)cn1)c1ncccc1Br. The van der Waals surface area contributed by atoms with E-state index in [1.54, 1.807) is 12.1 Å². The van der Waals surface area contributed by atoms with Gasteiger partial charge in [0.25, 0.3) is 5.91 Å². The summed E-state index contributed by atoms with van der Waals surface area (Å²) in [7, 11) is 0. The lowest BCUT2D eigenvalue weighted by atomic mass is 10.3. The van der Waals surface area contributed by atoms with Crippen LogP contribution >= 0.6 is 27.5 Å². The van der Waals surface area contributed by atoms with Crippen molar-refractivity contribution in [1.82, 2.24) is 15.0 Å². The van der Waals surface area contributed by atoms with E-state index in [0.29, 0.717) is 10.3 Å². The van der Waals surface area contributed by atoms with Gasteiger partial charge in [-0.25, -0.2) is 15.0 Å². The van der Waals surface area contributed by atoms with Crippen LogP contribution in [0.25, 0.3) is 0 Å². The Kier molecular flexibility index (Phi) is 3.65. The highest BCUT2D eigenvalue weighted by Gasteiger charge is 2.11. The topological polar surface area (TPSA) is 67.8 Å². The van der Waals surface area contributed by atoms with E-state index in [1.165, 1.54) is 18.6 Å². The number of rotatable bonds is 2. The molecular formula is C10H6BrClN4O. The summed E-state index contributed by atoms with van der Waals surface area (Å²) in [6.45, 7) is 0. The zero-order chi connectivity index (χ0) is 12.3. The molecule has 0 fully saturated rings. The molecule has 1 amide bonds. The molecular weight excluding hydrogens is 307 g/mol. The standard InChI is InChI=1S/C10H6BrClN4O/c11-6-2-1-3-13-9(6)10(17)16-8-5-14-7(12)4-15-8/h1-5H,(H,15,16,17). The van der Waals surface area contributed by atoms with E-state index in [4.69, 9.17) is 11.6 Å². The minimum Gasteiger partial charge on any atom is -0.304 e. The Morgan fingerprint density at radius 2 is 2.12 bits per heavy atom. The summed E-state index contributed by atoms with van der Waals surface area (Å²) in [5, 5.41) is 2.83. The fourth-order valence-electron chi connectivity index (χ4n) is 1.11. The summed E-state index contributed by atoms with van der Waals surface area (Å²) in [6.07, 6.45) is 4.26. The third-order valence-corrected chi connectivity index (χ3v) is 2.67. The van der Waals surface area contributed by atoms with Crippen LogP contribution in [0.4, 0.5) is 5.82 Å². The van der Waals surface area contributed by atoms with Gasteiger partial charge in [0.1, 0.15) is 10.8 Å². The highest BCUT2D eigenvalue weighted by Crippen LogP contribution is 2.14. The minimum absolute atomic E-state index is 0.266. The van der Waals surface area contributed by atoms with Crippen molar-refractivity contribution in [3.8, 4) is 0 Å². The minimum atomic E-state index is -0.367. The molecule has 2 aromatic rings. The molecule has 0 bridgehead atoms. The number of carbonyl (C=O) groups excluding carboxylic acids is 1. The molecule has 2 rings (SSSR count). The molecule has 2 heterocycles. The van der Waals surface area contributed by atoms with Gasteiger partial charge in [-0.05, 0) is 28.1 Å². The Morgan fingerprint density at radius 1 is 1.29 bits per heavy atom. The molecule has 2 aromatic heterocycles. The van der Waals surface area contributed by atoms with Crippen molar-refractivity contribution >= 4 is 39.3 Å². The highest BCUT2D eigenvalue weighted by molar-refractivity contribution is 9.10. The zero-order valence-electron chi connectivity index (χ0n) is 8.39. The van der Waals surface area contributed by atoms with Crippen molar-refractivity contribution in [3.05, 3.63) is 46.0 Å². The second kappa shape index (κ2) is 5.20. The number of carbonyl (C=O) groups is 1. The molecule has 0 atom stereocenters. The molecule has 0 aliphatic rings. The van der Waals surface area contributed by atoms with Gasteiger partial charge in [-0.2, -0.15) is 0 Å². The van der Waals surface area contributed by atoms with Crippen molar-refractivity contribution in [2.45, 2.75) is 0 Å². The van der Waals surface area contributed by atoms with Crippen LogP contribution in [0.1, 0.15) is 10.5 Å². The average molecular weight is 314 g/mol. The molecule has 17 heavy (non-hydrogen) atoms. The third-order valence-electron chi connectivity index (χ3n) is 1.84. The molecule has 1 N–H and O–H groups in total. The second-order valence-corrected chi connectivity index (χ2v) is 4.25. The largest absolute Gasteiger partial charge is 0.304 e. The predicted octanol–water partition coefficient (Wildman–Crippen LogP) is 2.54. The fraction of sp³-hybridized carbons (Fsp3) is 0. The maximum absolute atomic E-state index is 11.8. The lowest BCUT2D eigenvalue weighted by Gasteiger charge is -2.04. The number of anilines is 1. The first-order valence-electron chi connectivity index (χ1n) is 4.56. The number of hydrogen-bond donors (Lipinski definition) is 1. The summed E-state index contributed by atoms with van der Waals surface area (Å²) in [5.41, 5.74) is 0.282. The molecule has 7 heteroatoms. The molecule has 0 aromatic carbocycles. The quantitative estimate of drug-likeness (QED) is 0.925. The number of hydrogen-bond acceptors (Lipinski definition) is 4. The maximum atomic E-state index is 11.8. The summed E-state index contributed by atoms with van der Waals surface area (Å²) in [4.78, 5) is 23.5. The van der Waals surface area contributed by atoms with Gasteiger partial charge in [-0.15, -0.1) is 0 Å². The van der Waals surface area contributed by atoms with E-state index in [0.717, 1.165) is 0 Å². The number of nitrogens with zero attached hydrogens (tertiary/aromatic N) is 3. The number of halogens is 2. The Balaban J connectivity index is 2.17. The van der Waals surface area contributed by atoms with Gasteiger partial charge in [-0.3, -0.25) is 4.79 Å². The average Bonchev–Trinajstić information content (AvgIpc) is 2.32. The number of amides is 1. The van der Waals surface area contributed by atoms with Crippen LogP contribution < -0.4 is 5.32 Å². The van der Waals surface area contributed by atoms with Crippen molar-refractivity contribution in [2.75, 3.05) is 5.32 Å². The first kappa shape index (κ1) is 11.9. The molecule has 0 unspecified atom stereocenters. The second-order valence-electron chi connectivity index (χ2n) is 3.01. The van der Waals surface area contributed by atoms with Crippen LogP contribution in [0.5, 0.6) is 0 Å². The highest BCUT2D eigenvalue weighted by atomic mass is 79.9. The fourth-order valence-corrected chi connectivity index (χ4v) is 1.64. The van der Waals surface area contributed by atoms with Gasteiger partial charge in [0.2, 0.25) is 0 Å². The van der Waals surface area contributed by atoms with E-state index in [1.807, 2.05) is 0 Å². The smallest absolute Gasteiger partial charge is 0.276 e. The Labute approximate surface area is 110 Å². The molecule has 86 valence electrons. The van der Waals surface area contributed by atoms with Crippen molar-refractivity contribution < 1.29 is 4.79 Å². The van der Waals surface area contributed by atoms with Crippen LogP contribution in [0, 0.1) is 0 Å². The van der Waals surface area contributed by atoms with E-state index in [9.17, 15) is 4.79 Å². The van der Waals surface area contributed by atoms with Crippen molar-refractivity contribution in [2.24, 2.45) is 0 Å². The molecule has 0 aliphatic heterocycles. The molecule has 0 saturated heterocycles. The maximum Gasteiger partial charge on any atom is 0.276 e. The monoisotopic (exact) mass is 312 g/mol. The first-order valence-corrected chi connectivity index (χ1v) is 5.73. The van der Waals surface area contributed by atoms with Crippen LogP contribution in [0.2, 0.25) is 5.15 Å². The summed E-state index contributed by atoms with van der Waals surface area (Å²) < 4.78 is 0.611. The van der Waals surface area contributed by atoms with Crippen LogP contribution in [-0.4, -0.2) is 20.9 Å². The zero-order valence-corrected chi connectivity index (χ0v) is 10.7. The first-order chi connectivity index (χ1) is 8.16. The summed E-state index contributed by atoms with van der Waals surface area (Å²) >= 11 is 8.83. The molecule has 0 spiro atoms. The molecule has 0 saturated carbocycles. The predicted molar refractivity (Wildman–Crippen MR) is 66.9 cm³/mol. The van der Waals surface area contributed by atoms with Gasteiger partial charge in [0, 0.05) is 10.7 Å². The number of nitrogens with one attached hydrogen (secondary N) is 1. The molecule has 5 nitrogen and oxygen atoms in total. The van der Waals surface area contributed by atoms with Gasteiger partial charge in [-0.1, -0.05) is 11.6 Å². The summed E-state index contributed by atoms with van der Waals surface area (Å²) in [6, 6.07) is 3.46. The van der Waals surface area contributed by atoms with Crippen molar-refractivity contribution in [1.29, 1.82) is 0 Å². The lowest BCUT2D eigenvalue weighted by Crippen LogP contribution is -2.15. The number of aromatic nitrogens is 3. The Morgan fingerprint density at radius 3 is 2.76 bits per heavy atom. The summed E-state index contributed by atoms with van der Waals surface area (Å²) in [5.74, 6) is -0.0500. The number of pyridine rings is 1. The Hall–Kier alpha value is -1.53. The van der Waals surface area contributed by atoms with E-state index in [-0.39, 0.29) is 16.8 Å². The van der Waals surface area contributed by atoms with Gasteiger partial charge < -0.3 is 5.32 Å². The van der Waals surface area contributed by atoms with Crippen LogP contribution in [0.3, 0.4) is 0 Å². The van der Waals surface area contributed by atoms with Crippen LogP contribution in [-0.2, 0) is 0 Å². The van der Waals surface area contributed by atoms with Gasteiger partial charge in [0.05, 0.1) is 12.4 Å². The molecule has 0 aliphatic carbocycles. The van der Waals surface area contributed by atoms with Crippen molar-refractivity contribution in [3.63, 3.8) is 0 Å². The van der Waals surface area contributed by atoms with Crippen LogP contribution in [0.15, 0.2) is 35.2 Å². The molecule has 0 radical (unpaired) electrons.